The topological polar surface area (TPSA) is 77.3 Å². The molecule has 0 bridgehead atoms. The van der Waals surface area contributed by atoms with Gasteiger partial charge < -0.3 is 0 Å². The Morgan fingerprint density at radius 1 is 0.413 bits per heavy atom. The van der Waals surface area contributed by atoms with E-state index in [1.165, 1.54) is 5.56 Å². The molecule has 0 saturated heterocycles. The molecule has 0 aliphatic heterocycles. The number of benzene rings is 4. The zero-order chi connectivity index (χ0) is 31.0. The minimum atomic E-state index is 0.610. The predicted molar refractivity (Wildman–Crippen MR) is 185 cm³/mol. The molecule has 0 atom stereocenters. The zero-order valence-electron chi connectivity index (χ0n) is 25.4. The Kier molecular flexibility index (Phi) is 6.80. The number of hydrogen-bond donors (Lipinski definition) is 0. The van der Waals surface area contributed by atoms with Gasteiger partial charge in [0.25, 0.3) is 0 Å². The van der Waals surface area contributed by atoms with Gasteiger partial charge in [-0.1, -0.05) is 91.0 Å². The van der Waals surface area contributed by atoms with Gasteiger partial charge in [-0.05, 0) is 60.9 Å². The molecule has 8 aromatic rings. The van der Waals surface area contributed by atoms with Crippen LogP contribution in [0, 0.1) is 13.8 Å². The van der Waals surface area contributed by atoms with Crippen LogP contribution in [0.1, 0.15) is 11.3 Å². The highest BCUT2D eigenvalue weighted by molar-refractivity contribution is 6.04. The van der Waals surface area contributed by atoms with Gasteiger partial charge in [-0.15, -0.1) is 0 Å². The molecule has 0 N–H and O–H groups in total. The van der Waals surface area contributed by atoms with Gasteiger partial charge in [0, 0.05) is 51.1 Å². The van der Waals surface area contributed by atoms with Crippen LogP contribution in [0.25, 0.3) is 78.4 Å². The van der Waals surface area contributed by atoms with Gasteiger partial charge in [-0.3, -0.25) is 9.97 Å². The minimum absolute atomic E-state index is 0.610. The highest BCUT2D eigenvalue weighted by Gasteiger charge is 2.13. The first-order valence-electron chi connectivity index (χ1n) is 15.2. The number of fused-ring (bicyclic) bond motifs is 3. The minimum Gasteiger partial charge on any atom is -0.265 e. The quantitative estimate of drug-likeness (QED) is 0.185. The van der Waals surface area contributed by atoms with Crippen LogP contribution in [0.3, 0.4) is 0 Å². The lowest BCUT2D eigenvalue weighted by Crippen LogP contribution is -2.00. The van der Waals surface area contributed by atoms with E-state index in [9.17, 15) is 0 Å². The molecule has 8 rings (SSSR count). The second-order valence-electron chi connectivity index (χ2n) is 11.4. The Labute approximate surface area is 266 Å². The molecule has 0 spiro atoms. The van der Waals surface area contributed by atoms with Gasteiger partial charge in [0.05, 0.1) is 16.7 Å². The first-order valence-corrected chi connectivity index (χ1v) is 15.2. The molecule has 4 heterocycles. The molecule has 0 aliphatic carbocycles. The molecule has 6 nitrogen and oxygen atoms in total. The van der Waals surface area contributed by atoms with Gasteiger partial charge in [0.2, 0.25) is 0 Å². The normalized spacial score (nSPS) is 11.3. The zero-order valence-corrected chi connectivity index (χ0v) is 25.4. The Morgan fingerprint density at radius 3 is 1.76 bits per heavy atom. The average Bonchev–Trinajstić information content (AvgIpc) is 3.12. The molecule has 46 heavy (non-hydrogen) atoms. The Hall–Kier alpha value is -6.14. The number of rotatable bonds is 5. The highest BCUT2D eigenvalue weighted by atomic mass is 15.0. The SMILES string of the molecule is Cc1cc(C)c2ccc3ccc(-c4cccc(-c5ccc(-c6nc(-c7ccccc7)nc(-c7ccncc7)n6)cc5)c4)nc3c2n1. The van der Waals surface area contributed by atoms with Crippen molar-refractivity contribution < 1.29 is 0 Å². The lowest BCUT2D eigenvalue weighted by atomic mass is 9.99. The fraction of sp³-hybridized carbons (Fsp3) is 0.0500. The van der Waals surface area contributed by atoms with E-state index in [4.69, 9.17) is 24.9 Å². The molecule has 0 saturated carbocycles. The van der Waals surface area contributed by atoms with Crippen LogP contribution in [0.5, 0.6) is 0 Å². The monoisotopic (exact) mass is 592 g/mol. The van der Waals surface area contributed by atoms with Crippen molar-refractivity contribution in [3.8, 4) is 56.5 Å². The third-order valence-electron chi connectivity index (χ3n) is 8.21. The first-order chi connectivity index (χ1) is 22.6. The predicted octanol–water partition coefficient (Wildman–Crippen LogP) is 9.31. The van der Waals surface area contributed by atoms with E-state index < -0.39 is 0 Å². The van der Waals surface area contributed by atoms with Gasteiger partial charge in [0.15, 0.2) is 17.5 Å². The molecule has 0 amide bonds. The van der Waals surface area contributed by atoms with E-state index in [0.29, 0.717) is 17.5 Å². The first kappa shape index (κ1) is 27.4. The van der Waals surface area contributed by atoms with E-state index >= 15 is 0 Å². The summed E-state index contributed by atoms with van der Waals surface area (Å²) in [6, 6.07) is 41.3. The van der Waals surface area contributed by atoms with Crippen LogP contribution in [-0.4, -0.2) is 29.9 Å². The van der Waals surface area contributed by atoms with Gasteiger partial charge >= 0.3 is 0 Å². The maximum Gasteiger partial charge on any atom is 0.164 e. The van der Waals surface area contributed by atoms with Crippen molar-refractivity contribution in [2.45, 2.75) is 13.8 Å². The maximum atomic E-state index is 5.12. The van der Waals surface area contributed by atoms with Crippen LogP contribution in [0.15, 0.2) is 134 Å². The third-order valence-corrected chi connectivity index (χ3v) is 8.21. The summed E-state index contributed by atoms with van der Waals surface area (Å²) in [6.45, 7) is 4.16. The Bertz CT molecular complexity index is 2310. The maximum absolute atomic E-state index is 5.12. The highest BCUT2D eigenvalue weighted by Crippen LogP contribution is 2.31. The third kappa shape index (κ3) is 5.16. The van der Waals surface area contributed by atoms with Crippen LogP contribution in [0.4, 0.5) is 0 Å². The molecule has 6 heteroatoms. The molecule has 0 fully saturated rings. The van der Waals surface area contributed by atoms with E-state index in [1.54, 1.807) is 12.4 Å². The van der Waals surface area contributed by atoms with Crippen molar-refractivity contribution in [3.63, 3.8) is 0 Å². The summed E-state index contributed by atoms with van der Waals surface area (Å²) in [5.41, 5.74) is 11.0. The molecular formula is C40H28N6. The summed E-state index contributed by atoms with van der Waals surface area (Å²) in [7, 11) is 0. The average molecular weight is 593 g/mol. The molecule has 4 aromatic carbocycles. The molecular weight excluding hydrogens is 564 g/mol. The van der Waals surface area contributed by atoms with Crippen LogP contribution in [0.2, 0.25) is 0 Å². The van der Waals surface area contributed by atoms with E-state index in [2.05, 4.69) is 90.8 Å². The summed E-state index contributed by atoms with van der Waals surface area (Å²) in [4.78, 5) is 28.6. The number of nitrogens with zero attached hydrogens (tertiary/aromatic N) is 6. The number of hydrogen-bond acceptors (Lipinski definition) is 6. The lowest BCUT2D eigenvalue weighted by molar-refractivity contribution is 1.07. The molecule has 4 aromatic heterocycles. The summed E-state index contributed by atoms with van der Waals surface area (Å²) in [5.74, 6) is 1.86. The standard InChI is InChI=1S/C40H28N6/c1-25-23-26(2)42-37-34(25)17-15-28-16-18-35(43-36(28)37)33-10-6-9-32(24-33)27-11-13-30(14-12-27)39-44-38(29-7-4-3-5-8-29)45-40(46-39)31-19-21-41-22-20-31/h3-24H,1-2H3. The van der Waals surface area contributed by atoms with Crippen molar-refractivity contribution in [1.82, 2.24) is 29.9 Å². The van der Waals surface area contributed by atoms with Gasteiger partial charge in [-0.2, -0.15) is 0 Å². The lowest BCUT2D eigenvalue weighted by Gasteiger charge is -2.10. The Morgan fingerprint density at radius 2 is 1.02 bits per heavy atom. The fourth-order valence-corrected chi connectivity index (χ4v) is 5.89. The number of aryl methyl sites for hydroxylation is 2. The molecule has 0 unspecified atom stereocenters. The van der Waals surface area contributed by atoms with Gasteiger partial charge in [-0.25, -0.2) is 19.9 Å². The largest absolute Gasteiger partial charge is 0.265 e. The number of pyridine rings is 3. The van der Waals surface area contributed by atoms with Crippen LogP contribution < -0.4 is 0 Å². The summed E-state index contributed by atoms with van der Waals surface area (Å²) >= 11 is 0. The van der Waals surface area contributed by atoms with E-state index in [1.807, 2.05) is 49.4 Å². The fourth-order valence-electron chi connectivity index (χ4n) is 5.89. The van der Waals surface area contributed by atoms with Crippen molar-refractivity contribution in [2.24, 2.45) is 0 Å². The molecule has 218 valence electrons. The summed E-state index contributed by atoms with van der Waals surface area (Å²) in [5, 5.41) is 2.22. The van der Waals surface area contributed by atoms with E-state index in [0.717, 1.165) is 66.6 Å². The smallest absolute Gasteiger partial charge is 0.164 e. The van der Waals surface area contributed by atoms with Gasteiger partial charge in [0.1, 0.15) is 0 Å². The second-order valence-corrected chi connectivity index (χ2v) is 11.4. The van der Waals surface area contributed by atoms with Crippen molar-refractivity contribution in [1.29, 1.82) is 0 Å². The molecule has 0 aliphatic rings. The van der Waals surface area contributed by atoms with E-state index in [-0.39, 0.29) is 0 Å². The molecule has 0 radical (unpaired) electrons. The van der Waals surface area contributed by atoms with Crippen molar-refractivity contribution >= 4 is 21.8 Å². The van der Waals surface area contributed by atoms with Crippen LogP contribution in [-0.2, 0) is 0 Å². The van der Waals surface area contributed by atoms with Crippen molar-refractivity contribution in [2.75, 3.05) is 0 Å². The van der Waals surface area contributed by atoms with Crippen LogP contribution >= 0.6 is 0 Å². The van der Waals surface area contributed by atoms with Crippen molar-refractivity contribution in [3.05, 3.63) is 145 Å². The second kappa shape index (κ2) is 11.4. The summed E-state index contributed by atoms with van der Waals surface area (Å²) in [6.07, 6.45) is 3.50. The number of aromatic nitrogens is 6. The summed E-state index contributed by atoms with van der Waals surface area (Å²) < 4.78 is 0. The Balaban J connectivity index is 1.16.